The lowest BCUT2D eigenvalue weighted by atomic mass is 10.1. The van der Waals surface area contributed by atoms with Gasteiger partial charge >= 0.3 is 0 Å². The molecule has 1 aliphatic rings. The smallest absolute Gasteiger partial charge is 0.269 e. The van der Waals surface area contributed by atoms with Gasteiger partial charge in [0.25, 0.3) is 11.6 Å². The summed E-state index contributed by atoms with van der Waals surface area (Å²) in [5, 5.41) is 11.3. The predicted octanol–water partition coefficient (Wildman–Crippen LogP) is 3.65. The Morgan fingerprint density at radius 2 is 1.96 bits per heavy atom. The fraction of sp³-hybridized carbons (Fsp3) is 0.263. The number of halogens is 1. The highest BCUT2D eigenvalue weighted by Gasteiger charge is 2.22. The molecule has 2 aromatic carbocycles. The van der Waals surface area contributed by atoms with E-state index in [-0.39, 0.29) is 24.0 Å². The van der Waals surface area contributed by atoms with Gasteiger partial charge in [-0.2, -0.15) is 0 Å². The SMILES string of the molecule is CN(Cc1cc([N+](=O)[O-])ccc1Cl)C(=O)c1ccc(N2CCCC2=O)cc1. The molecular formula is C19H18ClN3O4. The molecule has 0 aliphatic carbocycles. The molecule has 1 fully saturated rings. The summed E-state index contributed by atoms with van der Waals surface area (Å²) in [7, 11) is 1.61. The highest BCUT2D eigenvalue weighted by molar-refractivity contribution is 6.31. The van der Waals surface area contributed by atoms with Gasteiger partial charge in [-0.05, 0) is 42.3 Å². The first-order valence-electron chi connectivity index (χ1n) is 8.45. The summed E-state index contributed by atoms with van der Waals surface area (Å²) in [6, 6.07) is 11.0. The van der Waals surface area contributed by atoms with E-state index in [1.165, 1.54) is 23.1 Å². The van der Waals surface area contributed by atoms with E-state index < -0.39 is 4.92 Å². The first kappa shape index (κ1) is 18.8. The van der Waals surface area contributed by atoms with Crippen molar-refractivity contribution in [3.05, 3.63) is 68.7 Å². The summed E-state index contributed by atoms with van der Waals surface area (Å²) in [5.41, 5.74) is 1.67. The van der Waals surface area contributed by atoms with Crippen molar-refractivity contribution in [1.29, 1.82) is 0 Å². The lowest BCUT2D eigenvalue weighted by Crippen LogP contribution is -2.27. The average Bonchev–Trinajstić information content (AvgIpc) is 3.08. The second-order valence-corrected chi connectivity index (χ2v) is 6.80. The molecule has 2 amide bonds. The number of hydrogen-bond acceptors (Lipinski definition) is 4. The van der Waals surface area contributed by atoms with Crippen LogP contribution in [0.5, 0.6) is 0 Å². The lowest BCUT2D eigenvalue weighted by molar-refractivity contribution is -0.384. The molecule has 0 saturated carbocycles. The second-order valence-electron chi connectivity index (χ2n) is 6.39. The summed E-state index contributed by atoms with van der Waals surface area (Å²) < 4.78 is 0. The molecule has 0 spiro atoms. The molecule has 1 saturated heterocycles. The van der Waals surface area contributed by atoms with E-state index in [1.54, 1.807) is 36.2 Å². The van der Waals surface area contributed by atoms with Crippen molar-refractivity contribution in [2.24, 2.45) is 0 Å². The van der Waals surface area contributed by atoms with E-state index in [4.69, 9.17) is 11.6 Å². The van der Waals surface area contributed by atoms with Crippen LogP contribution >= 0.6 is 11.6 Å². The van der Waals surface area contributed by atoms with Gasteiger partial charge in [0.15, 0.2) is 0 Å². The number of carbonyl (C=O) groups is 2. The van der Waals surface area contributed by atoms with Crippen LogP contribution in [0.15, 0.2) is 42.5 Å². The van der Waals surface area contributed by atoms with Crippen LogP contribution in [-0.4, -0.2) is 35.2 Å². The Labute approximate surface area is 161 Å². The Bertz CT molecular complexity index is 898. The first-order valence-corrected chi connectivity index (χ1v) is 8.83. The van der Waals surface area contributed by atoms with Crippen molar-refractivity contribution < 1.29 is 14.5 Å². The molecule has 1 aliphatic heterocycles. The summed E-state index contributed by atoms with van der Waals surface area (Å²) in [6.07, 6.45) is 1.39. The topological polar surface area (TPSA) is 83.8 Å². The molecule has 27 heavy (non-hydrogen) atoms. The van der Waals surface area contributed by atoms with Crippen LogP contribution in [0.25, 0.3) is 0 Å². The first-order chi connectivity index (χ1) is 12.9. The van der Waals surface area contributed by atoms with Crippen LogP contribution < -0.4 is 4.90 Å². The van der Waals surface area contributed by atoms with Gasteiger partial charge in [0, 0.05) is 55.0 Å². The van der Waals surface area contributed by atoms with Crippen molar-refractivity contribution in [2.45, 2.75) is 19.4 Å². The minimum atomic E-state index is -0.500. The van der Waals surface area contributed by atoms with Crippen molar-refractivity contribution in [2.75, 3.05) is 18.5 Å². The highest BCUT2D eigenvalue weighted by Crippen LogP contribution is 2.25. The molecule has 1 heterocycles. The summed E-state index contributed by atoms with van der Waals surface area (Å²) in [6.45, 7) is 0.836. The maximum Gasteiger partial charge on any atom is 0.269 e. The van der Waals surface area contributed by atoms with Crippen molar-refractivity contribution in [1.82, 2.24) is 4.90 Å². The highest BCUT2D eigenvalue weighted by atomic mass is 35.5. The zero-order chi connectivity index (χ0) is 19.6. The number of carbonyl (C=O) groups excluding carboxylic acids is 2. The van der Waals surface area contributed by atoms with Gasteiger partial charge in [-0.1, -0.05) is 11.6 Å². The molecule has 0 atom stereocenters. The molecular weight excluding hydrogens is 370 g/mol. The minimum absolute atomic E-state index is 0.0742. The number of anilines is 1. The third-order valence-corrected chi connectivity index (χ3v) is 4.86. The standard InChI is InChI=1S/C19H18ClN3O4/c1-21(12-14-11-16(23(26)27)8-9-17(14)20)19(25)13-4-6-15(7-5-13)22-10-2-3-18(22)24/h4-9,11H,2-3,10,12H2,1H3. The van der Waals surface area contributed by atoms with Crippen LogP contribution in [-0.2, 0) is 11.3 Å². The Hall–Kier alpha value is -2.93. The second kappa shape index (κ2) is 7.75. The number of nitro benzene ring substituents is 1. The maximum atomic E-state index is 12.6. The van der Waals surface area contributed by atoms with E-state index in [9.17, 15) is 19.7 Å². The van der Waals surface area contributed by atoms with E-state index in [1.807, 2.05) is 0 Å². The molecule has 0 N–H and O–H groups in total. The van der Waals surface area contributed by atoms with E-state index in [2.05, 4.69) is 0 Å². The quantitative estimate of drug-likeness (QED) is 0.579. The molecule has 0 aromatic heterocycles. The number of non-ortho nitro benzene ring substituents is 1. The molecule has 7 nitrogen and oxygen atoms in total. The van der Waals surface area contributed by atoms with Crippen molar-refractivity contribution in [3.63, 3.8) is 0 Å². The number of nitrogens with zero attached hydrogens (tertiary/aromatic N) is 3. The Morgan fingerprint density at radius 1 is 1.26 bits per heavy atom. The molecule has 8 heteroatoms. The number of benzene rings is 2. The van der Waals surface area contributed by atoms with Gasteiger partial charge in [0.1, 0.15) is 0 Å². The Kier molecular flexibility index (Phi) is 5.41. The number of hydrogen-bond donors (Lipinski definition) is 0. The van der Waals surface area contributed by atoms with Gasteiger partial charge in [-0.25, -0.2) is 0 Å². The summed E-state index contributed by atoms with van der Waals surface area (Å²) in [5.74, 6) is -0.150. The molecule has 3 rings (SSSR count). The maximum absolute atomic E-state index is 12.6. The Balaban J connectivity index is 1.73. The minimum Gasteiger partial charge on any atom is -0.337 e. The Morgan fingerprint density at radius 3 is 2.56 bits per heavy atom. The van der Waals surface area contributed by atoms with E-state index >= 15 is 0 Å². The van der Waals surface area contributed by atoms with Gasteiger partial charge in [-0.3, -0.25) is 19.7 Å². The van der Waals surface area contributed by atoms with E-state index in [0.717, 1.165) is 12.1 Å². The number of rotatable bonds is 5. The van der Waals surface area contributed by atoms with Crippen LogP contribution in [0.4, 0.5) is 11.4 Å². The fourth-order valence-electron chi connectivity index (χ4n) is 3.05. The molecule has 0 radical (unpaired) electrons. The van der Waals surface area contributed by atoms with Gasteiger partial charge < -0.3 is 9.80 Å². The van der Waals surface area contributed by atoms with Crippen LogP contribution in [0.3, 0.4) is 0 Å². The molecule has 140 valence electrons. The third kappa shape index (κ3) is 4.09. The fourth-order valence-corrected chi connectivity index (χ4v) is 3.23. The average molecular weight is 388 g/mol. The van der Waals surface area contributed by atoms with Crippen LogP contribution in [0.2, 0.25) is 5.02 Å². The number of nitro groups is 1. The third-order valence-electron chi connectivity index (χ3n) is 4.49. The van der Waals surface area contributed by atoms with Crippen molar-refractivity contribution in [3.8, 4) is 0 Å². The summed E-state index contributed by atoms with van der Waals surface area (Å²) >= 11 is 6.10. The van der Waals surface area contributed by atoms with Crippen LogP contribution in [0.1, 0.15) is 28.8 Å². The monoisotopic (exact) mass is 387 g/mol. The number of amides is 2. The van der Waals surface area contributed by atoms with Gasteiger partial charge in [0.05, 0.1) is 4.92 Å². The molecule has 0 bridgehead atoms. The lowest BCUT2D eigenvalue weighted by Gasteiger charge is -2.19. The van der Waals surface area contributed by atoms with Crippen molar-refractivity contribution >= 4 is 34.8 Å². The van der Waals surface area contributed by atoms with Gasteiger partial charge in [-0.15, -0.1) is 0 Å². The molecule has 0 unspecified atom stereocenters. The molecule has 2 aromatic rings. The zero-order valence-corrected chi connectivity index (χ0v) is 15.5. The van der Waals surface area contributed by atoms with Crippen LogP contribution in [0, 0.1) is 10.1 Å². The zero-order valence-electron chi connectivity index (χ0n) is 14.7. The summed E-state index contributed by atoms with van der Waals surface area (Å²) in [4.78, 5) is 38.0. The normalized spacial score (nSPS) is 13.7. The largest absolute Gasteiger partial charge is 0.337 e. The van der Waals surface area contributed by atoms with Gasteiger partial charge in [0.2, 0.25) is 5.91 Å². The van der Waals surface area contributed by atoms with E-state index in [0.29, 0.717) is 29.1 Å². The predicted molar refractivity (Wildman–Crippen MR) is 102 cm³/mol.